The molecular formula is C18H14ClNS. The lowest BCUT2D eigenvalue weighted by Crippen LogP contribution is -1.82. The lowest BCUT2D eigenvalue weighted by atomic mass is 10.1. The largest absolute Gasteiger partial charge is 0.236 e. The van der Waals surface area contributed by atoms with Crippen LogP contribution in [0.2, 0.25) is 5.02 Å². The van der Waals surface area contributed by atoms with Crippen LogP contribution in [-0.2, 0) is 0 Å². The highest BCUT2D eigenvalue weighted by molar-refractivity contribution is 7.13. The van der Waals surface area contributed by atoms with Crippen molar-refractivity contribution in [2.24, 2.45) is 0 Å². The van der Waals surface area contributed by atoms with Crippen molar-refractivity contribution >= 4 is 22.9 Å². The molecule has 0 spiro atoms. The molecule has 0 amide bonds. The van der Waals surface area contributed by atoms with Crippen molar-refractivity contribution in [3.8, 4) is 21.8 Å². The van der Waals surface area contributed by atoms with Crippen LogP contribution in [0.1, 0.15) is 24.3 Å². The van der Waals surface area contributed by atoms with Crippen molar-refractivity contribution < 1.29 is 0 Å². The highest BCUT2D eigenvalue weighted by atomic mass is 35.5. The Labute approximate surface area is 133 Å². The zero-order chi connectivity index (χ0) is 14.2. The Morgan fingerprint density at radius 2 is 1.57 bits per heavy atom. The zero-order valence-electron chi connectivity index (χ0n) is 11.4. The molecule has 0 saturated heterocycles. The fourth-order valence-corrected chi connectivity index (χ4v) is 3.44. The molecule has 1 nitrogen and oxygen atoms in total. The molecule has 104 valence electrons. The molecule has 0 radical (unpaired) electrons. The summed E-state index contributed by atoms with van der Waals surface area (Å²) >= 11 is 7.62. The predicted octanol–water partition coefficient (Wildman–Crippen LogP) is 6.01. The first-order valence-electron chi connectivity index (χ1n) is 7.11. The molecule has 0 bridgehead atoms. The highest BCUT2D eigenvalue weighted by Crippen LogP contribution is 2.40. The molecule has 1 fully saturated rings. The number of thiazole rings is 1. The van der Waals surface area contributed by atoms with Gasteiger partial charge in [0.25, 0.3) is 0 Å². The minimum absolute atomic E-state index is 0.755. The second-order valence-corrected chi connectivity index (χ2v) is 6.74. The number of halogens is 1. The van der Waals surface area contributed by atoms with Crippen molar-refractivity contribution in [1.82, 2.24) is 4.98 Å². The summed E-state index contributed by atoms with van der Waals surface area (Å²) in [6.07, 6.45) is 2.69. The molecule has 1 aliphatic carbocycles. The molecule has 1 heterocycles. The Morgan fingerprint density at radius 1 is 0.905 bits per heavy atom. The van der Waals surface area contributed by atoms with E-state index in [2.05, 4.69) is 29.6 Å². The van der Waals surface area contributed by atoms with Crippen molar-refractivity contribution in [2.75, 3.05) is 0 Å². The zero-order valence-corrected chi connectivity index (χ0v) is 13.0. The van der Waals surface area contributed by atoms with Crippen LogP contribution < -0.4 is 0 Å². The van der Waals surface area contributed by atoms with E-state index in [0.717, 1.165) is 27.2 Å². The fourth-order valence-electron chi connectivity index (χ4n) is 2.47. The quantitative estimate of drug-likeness (QED) is 0.577. The van der Waals surface area contributed by atoms with E-state index < -0.39 is 0 Å². The van der Waals surface area contributed by atoms with E-state index in [1.54, 1.807) is 11.3 Å². The van der Waals surface area contributed by atoms with Crippen LogP contribution >= 0.6 is 22.9 Å². The van der Waals surface area contributed by atoms with Crippen LogP contribution in [0.5, 0.6) is 0 Å². The molecule has 4 rings (SSSR count). The van der Waals surface area contributed by atoms with Crippen LogP contribution in [0.15, 0.2) is 53.9 Å². The number of benzene rings is 2. The third-order valence-electron chi connectivity index (χ3n) is 3.85. The lowest BCUT2D eigenvalue weighted by Gasteiger charge is -2.00. The van der Waals surface area contributed by atoms with Crippen LogP contribution in [0.3, 0.4) is 0 Å². The van der Waals surface area contributed by atoms with Crippen molar-refractivity contribution in [1.29, 1.82) is 0 Å². The van der Waals surface area contributed by atoms with Crippen LogP contribution in [0.4, 0.5) is 0 Å². The molecular weight excluding hydrogens is 298 g/mol. The highest BCUT2D eigenvalue weighted by Gasteiger charge is 2.23. The summed E-state index contributed by atoms with van der Waals surface area (Å²) in [5.41, 5.74) is 4.78. The van der Waals surface area contributed by atoms with Gasteiger partial charge < -0.3 is 0 Å². The third kappa shape index (κ3) is 2.74. The second-order valence-electron chi connectivity index (χ2n) is 5.44. The Kier molecular flexibility index (Phi) is 3.28. The van der Waals surface area contributed by atoms with Crippen molar-refractivity contribution in [3.63, 3.8) is 0 Å². The van der Waals surface area contributed by atoms with E-state index in [0.29, 0.717) is 0 Å². The van der Waals surface area contributed by atoms with E-state index in [1.807, 2.05) is 24.3 Å². The molecule has 1 saturated carbocycles. The normalized spacial score (nSPS) is 14.3. The first-order chi connectivity index (χ1) is 10.3. The predicted molar refractivity (Wildman–Crippen MR) is 90.0 cm³/mol. The van der Waals surface area contributed by atoms with Gasteiger partial charge in [-0.15, -0.1) is 11.3 Å². The summed E-state index contributed by atoms with van der Waals surface area (Å²) in [5.74, 6) is 0.806. The molecule has 0 atom stereocenters. The summed E-state index contributed by atoms with van der Waals surface area (Å²) < 4.78 is 0. The van der Waals surface area contributed by atoms with Gasteiger partial charge in [0.1, 0.15) is 5.01 Å². The lowest BCUT2D eigenvalue weighted by molar-refractivity contribution is 1.13. The smallest absolute Gasteiger partial charge is 0.124 e. The SMILES string of the molecule is Clc1ccc(-c2csc(-c3ccc(C4CC4)cc3)n2)cc1. The molecule has 0 N–H and O–H groups in total. The molecule has 3 aromatic rings. The fraction of sp³-hybridized carbons (Fsp3) is 0.167. The van der Waals surface area contributed by atoms with Gasteiger partial charge in [0.15, 0.2) is 0 Å². The first kappa shape index (κ1) is 13.1. The van der Waals surface area contributed by atoms with Gasteiger partial charge in [0.05, 0.1) is 5.69 Å². The van der Waals surface area contributed by atoms with Crippen molar-refractivity contribution in [3.05, 3.63) is 64.5 Å². The molecule has 0 aliphatic heterocycles. The Balaban J connectivity index is 1.62. The minimum atomic E-state index is 0.755. The minimum Gasteiger partial charge on any atom is -0.236 e. The number of hydrogen-bond acceptors (Lipinski definition) is 2. The third-order valence-corrected chi connectivity index (χ3v) is 4.99. The van der Waals surface area contributed by atoms with Crippen LogP contribution in [-0.4, -0.2) is 4.98 Å². The molecule has 1 aliphatic rings. The summed E-state index contributed by atoms with van der Waals surface area (Å²) in [4.78, 5) is 4.75. The van der Waals surface area contributed by atoms with Gasteiger partial charge in [-0.25, -0.2) is 4.98 Å². The summed E-state index contributed by atoms with van der Waals surface area (Å²) in [6.45, 7) is 0. The summed E-state index contributed by atoms with van der Waals surface area (Å²) in [6, 6.07) is 16.7. The summed E-state index contributed by atoms with van der Waals surface area (Å²) in [5, 5.41) is 3.93. The van der Waals surface area contributed by atoms with Gasteiger partial charge in [-0.1, -0.05) is 48.0 Å². The average molecular weight is 312 g/mol. The van der Waals surface area contributed by atoms with E-state index >= 15 is 0 Å². The first-order valence-corrected chi connectivity index (χ1v) is 8.37. The van der Waals surface area contributed by atoms with Gasteiger partial charge >= 0.3 is 0 Å². The van der Waals surface area contributed by atoms with Gasteiger partial charge in [0.2, 0.25) is 0 Å². The maximum absolute atomic E-state index is 5.93. The maximum atomic E-state index is 5.93. The van der Waals surface area contributed by atoms with E-state index in [1.165, 1.54) is 24.0 Å². The topological polar surface area (TPSA) is 12.9 Å². The van der Waals surface area contributed by atoms with Gasteiger partial charge in [-0.2, -0.15) is 0 Å². The maximum Gasteiger partial charge on any atom is 0.124 e. The van der Waals surface area contributed by atoms with Gasteiger partial charge in [-0.05, 0) is 36.5 Å². The van der Waals surface area contributed by atoms with E-state index in [4.69, 9.17) is 16.6 Å². The Morgan fingerprint density at radius 3 is 2.24 bits per heavy atom. The van der Waals surface area contributed by atoms with Crippen LogP contribution in [0.25, 0.3) is 21.8 Å². The molecule has 1 aromatic heterocycles. The van der Waals surface area contributed by atoms with Gasteiger partial charge in [0, 0.05) is 21.5 Å². The number of rotatable bonds is 3. The van der Waals surface area contributed by atoms with Crippen LogP contribution in [0, 0.1) is 0 Å². The summed E-state index contributed by atoms with van der Waals surface area (Å²) in [7, 11) is 0. The van der Waals surface area contributed by atoms with Gasteiger partial charge in [-0.3, -0.25) is 0 Å². The Bertz CT molecular complexity index is 755. The monoisotopic (exact) mass is 311 g/mol. The van der Waals surface area contributed by atoms with E-state index in [-0.39, 0.29) is 0 Å². The number of hydrogen-bond donors (Lipinski definition) is 0. The number of nitrogens with zero attached hydrogens (tertiary/aromatic N) is 1. The molecule has 2 aromatic carbocycles. The molecule has 21 heavy (non-hydrogen) atoms. The molecule has 0 unspecified atom stereocenters. The number of aromatic nitrogens is 1. The Hall–Kier alpha value is -1.64. The standard InChI is InChI=1S/C18H14ClNS/c19-16-9-7-14(8-10-16)17-11-21-18(20-17)15-5-3-13(4-6-15)12-1-2-12/h3-12H,1-2H2. The second kappa shape index (κ2) is 5.28. The molecule has 3 heteroatoms. The average Bonchev–Trinajstić information content (AvgIpc) is 3.26. The van der Waals surface area contributed by atoms with E-state index in [9.17, 15) is 0 Å². The van der Waals surface area contributed by atoms with Crippen molar-refractivity contribution in [2.45, 2.75) is 18.8 Å².